The molecule has 630 valence electrons. The normalized spacial score (nSPS) is 18.9. The van der Waals surface area contributed by atoms with Gasteiger partial charge < -0.3 is 94.7 Å². The Morgan fingerprint density at radius 1 is 0.595 bits per heavy atom. The van der Waals surface area contributed by atoms with E-state index in [-0.39, 0.29) is 61.4 Å². The molecule has 4 aromatic carbocycles. The molecule has 0 bridgehead atoms. The number of nitrogens with one attached hydrogen (secondary N) is 1. The fourth-order valence-electron chi connectivity index (χ4n) is 16.4. The van der Waals surface area contributed by atoms with Crippen molar-refractivity contribution in [1.82, 2.24) is 79.2 Å². The Kier molecular flexibility index (Phi) is 24.1. The molecule has 4 saturated heterocycles. The zero-order valence-electron chi connectivity index (χ0n) is 69.0. The number of aromatic amines is 1. The molecule has 10 aromatic heterocycles. The number of H-pyrrole nitrogens is 1. The second kappa shape index (κ2) is 35.6. The molecule has 10 N–H and O–H groups in total. The molecular weight excluding hydrogens is 1550 g/mol. The van der Waals surface area contributed by atoms with Crippen molar-refractivity contribution in [2.24, 2.45) is 5.92 Å². The number of methoxy groups -OCH3 is 3. The topological polar surface area (TPSA) is 439 Å². The highest BCUT2D eigenvalue weighted by atomic mass is 16.5. The molecule has 14 aromatic rings. The minimum atomic E-state index is -0.722. The fourth-order valence-corrected chi connectivity index (χ4v) is 16.4. The average molecular weight is 1650 g/mol. The van der Waals surface area contributed by atoms with E-state index in [1.54, 1.807) is 25.8 Å². The molecule has 4 atom stereocenters. The van der Waals surface area contributed by atoms with E-state index in [1.165, 1.54) is 12.7 Å². The van der Waals surface area contributed by atoms with E-state index in [4.69, 9.17) is 89.7 Å². The molecule has 19 rings (SSSR count). The third-order valence-corrected chi connectivity index (χ3v) is 22.5. The number of hydrogen-bond donors (Lipinski definition) is 7. The van der Waals surface area contributed by atoms with Crippen LogP contribution in [-0.4, -0.2) is 225 Å². The van der Waals surface area contributed by atoms with Crippen LogP contribution < -0.4 is 51.0 Å². The lowest BCUT2D eigenvalue weighted by molar-refractivity contribution is -0.142. The first-order chi connectivity index (χ1) is 58.7. The maximum Gasteiger partial charge on any atom is 0.306 e. The van der Waals surface area contributed by atoms with Crippen molar-refractivity contribution in [3.63, 3.8) is 0 Å². The first kappa shape index (κ1) is 81.9. The lowest BCUT2D eigenvalue weighted by atomic mass is 9.82. The summed E-state index contributed by atoms with van der Waals surface area (Å²) >= 11 is 0. The number of para-hydroxylation sites is 1. The minimum absolute atomic E-state index is 0.102. The number of carboxylic acids is 1. The number of aliphatic hydroxyl groups excluding tert-OH is 2. The number of nitrogen functional groups attached to an aromatic ring is 3. The van der Waals surface area contributed by atoms with Gasteiger partial charge in [0.1, 0.15) is 75.6 Å². The van der Waals surface area contributed by atoms with E-state index in [1.807, 2.05) is 122 Å². The van der Waals surface area contributed by atoms with Gasteiger partial charge in [0.15, 0.2) is 28.3 Å². The lowest BCUT2D eigenvalue weighted by Gasteiger charge is -2.37. The summed E-state index contributed by atoms with van der Waals surface area (Å²) in [6, 6.07) is 33.6. The van der Waals surface area contributed by atoms with Gasteiger partial charge in [0.05, 0.1) is 143 Å². The summed E-state index contributed by atoms with van der Waals surface area (Å²) in [7, 11) is 4.84. The number of hydrogen-bond acceptors (Lipinski definition) is 31. The average Bonchev–Trinajstić information content (AvgIpc) is 1.65. The number of carbonyl (C=O) groups is 1. The summed E-state index contributed by atoms with van der Waals surface area (Å²) in [4.78, 5) is 75.1. The number of fused-ring (bicyclic) bond motifs is 6. The van der Waals surface area contributed by atoms with Crippen molar-refractivity contribution >= 4 is 108 Å². The molecule has 0 amide bonds. The first-order valence-electron chi connectivity index (χ1n) is 40.6. The number of ether oxygens (including phenoxy) is 7. The van der Waals surface area contributed by atoms with E-state index in [0.717, 1.165) is 153 Å². The number of morpholine rings is 4. The van der Waals surface area contributed by atoms with Gasteiger partial charge >= 0.3 is 5.97 Å². The van der Waals surface area contributed by atoms with Gasteiger partial charge in [0.2, 0.25) is 11.9 Å². The van der Waals surface area contributed by atoms with Gasteiger partial charge in [-0.05, 0) is 158 Å². The van der Waals surface area contributed by atoms with Crippen LogP contribution in [0.25, 0.3) is 106 Å². The number of aromatic nitrogens is 16. The molecule has 4 aliphatic heterocycles. The Bertz CT molecular complexity index is 6070. The Morgan fingerprint density at radius 3 is 1.83 bits per heavy atom. The molecule has 0 unspecified atom stereocenters. The lowest BCUT2D eigenvalue weighted by Crippen LogP contribution is -2.46. The van der Waals surface area contributed by atoms with E-state index in [2.05, 4.69) is 82.4 Å². The van der Waals surface area contributed by atoms with Gasteiger partial charge in [-0.1, -0.05) is 12.1 Å². The molecule has 35 heteroatoms. The third kappa shape index (κ3) is 17.0. The minimum Gasteiger partial charge on any atom is -0.496 e. The summed E-state index contributed by atoms with van der Waals surface area (Å²) in [5.41, 5.74) is 30.6. The zero-order valence-corrected chi connectivity index (χ0v) is 69.0. The molecule has 14 heterocycles. The number of imidazole rings is 1. The Labute approximate surface area is 696 Å². The van der Waals surface area contributed by atoms with Crippen LogP contribution in [0.3, 0.4) is 0 Å². The summed E-state index contributed by atoms with van der Waals surface area (Å²) in [6.45, 7) is 20.8. The number of oxazole rings is 1. The number of rotatable bonds is 16. The van der Waals surface area contributed by atoms with Crippen LogP contribution in [-0.2, 0) is 37.0 Å². The highest BCUT2D eigenvalue weighted by Gasteiger charge is 2.34. The van der Waals surface area contributed by atoms with Crippen LogP contribution in [0, 0.1) is 5.92 Å². The van der Waals surface area contributed by atoms with Gasteiger partial charge in [-0.25, -0.2) is 39.1 Å². The SMILES string of the molecule is CC(C)n1nc(-c2ccc3oc(N)nc3c2)c2c(N)ncnc21.COc1ccc(-c2ccc3c(N4CCOCC4)nc(N4C[C@@H](C)O[C@@H](C)C4)nc3n2)cc1CO.COc1ccc(-c2ccc3c(N4CCOC[C@H]4C)nc(N4CCOC[C@H]4C)nc3n2)cc1CO.COc1cccc2cc(-c3nc(C4CCC(C(=O)O)CC4)n4ncnc(N)c34)[nH]c12. The van der Waals surface area contributed by atoms with Crippen molar-refractivity contribution in [3.05, 3.63) is 133 Å². The number of benzene rings is 4. The standard InChI is InChI=1S/2C25H31N5O4.C21H22N6O3.C15H15N7O/c1-16-14-33-10-8-29(16)24-20-5-6-21(18-4-7-22(32-3)19(12-18)13-31)26-23(20)27-25(28-24)30-9-11-34-15-17(30)2;1-16-13-30(14-17(2)34-16)25-27-23-20(24(28-25)29-8-10-33-11-9-29)5-6-21(26-23)18-4-7-22(32-3)19(12-18)15-31;1-30-15-4-2-3-13-9-14(25-16(13)15)17-18-19(22)23-10-24-27(18)20(26-17)11-5-7-12(8-6-11)21(28)29;1-7(2)22-14-11(13(16)18-6-19-14)12(21-22)8-3-4-10-9(5-8)20-15(17)23-10/h2*4-7,12,16-17,31H,8-11,13-15H2,1-3H3;2-4,9-12,25H,5-8H2,1H3,(H,28,29)(H2,22,23,24);3-7H,1-2H3,(H2,17,20)(H2,16,18,19)/t16-,17-;16-,17+;;/m1.../s1. The van der Waals surface area contributed by atoms with Crippen molar-refractivity contribution < 1.29 is 57.7 Å². The van der Waals surface area contributed by atoms with Crippen molar-refractivity contribution in [2.75, 3.05) is 137 Å². The van der Waals surface area contributed by atoms with Crippen LogP contribution in [0.15, 0.2) is 120 Å². The number of aliphatic carboxylic acids is 1. The van der Waals surface area contributed by atoms with Gasteiger partial charge in [0.25, 0.3) is 6.01 Å². The molecule has 5 aliphatic rings. The van der Waals surface area contributed by atoms with Crippen LogP contribution in [0.2, 0.25) is 0 Å². The highest BCUT2D eigenvalue weighted by molar-refractivity contribution is 6.00. The van der Waals surface area contributed by atoms with Crippen LogP contribution in [0.1, 0.15) is 96.1 Å². The van der Waals surface area contributed by atoms with Crippen molar-refractivity contribution in [2.45, 2.75) is 117 Å². The quantitative estimate of drug-likeness (QED) is 0.0472. The number of nitrogens with two attached hydrogens (primary N) is 3. The van der Waals surface area contributed by atoms with E-state index < -0.39 is 5.97 Å². The molecule has 1 saturated carbocycles. The van der Waals surface area contributed by atoms with Crippen LogP contribution >= 0.6 is 0 Å². The van der Waals surface area contributed by atoms with Crippen LogP contribution in [0.5, 0.6) is 17.2 Å². The number of aliphatic hydroxyl groups is 2. The predicted molar refractivity (Wildman–Crippen MR) is 460 cm³/mol. The summed E-state index contributed by atoms with van der Waals surface area (Å²) in [6.07, 6.45) is 5.84. The summed E-state index contributed by atoms with van der Waals surface area (Å²) in [5.74, 6) is 5.84. The number of anilines is 7. The fraction of sp³-hybridized carbons (Fsp3) is 0.395. The van der Waals surface area contributed by atoms with Gasteiger partial charge in [0, 0.05) is 84.4 Å². The predicted octanol–water partition coefficient (Wildman–Crippen LogP) is 10.9. The first-order valence-corrected chi connectivity index (χ1v) is 40.6. The summed E-state index contributed by atoms with van der Waals surface area (Å²) in [5, 5.41) is 41.5. The number of nitrogens with zero attached hydrogens (tertiary/aromatic N) is 19. The van der Waals surface area contributed by atoms with Gasteiger partial charge in [-0.3, -0.25) is 4.79 Å². The number of carboxylic acid groups (broad SMARTS) is 1. The smallest absolute Gasteiger partial charge is 0.306 e. The molecular formula is C86H99N23O12. The molecule has 35 nitrogen and oxygen atoms in total. The van der Waals surface area contributed by atoms with Crippen molar-refractivity contribution in [3.8, 4) is 62.4 Å². The van der Waals surface area contributed by atoms with E-state index in [0.29, 0.717) is 127 Å². The second-order valence-electron chi connectivity index (χ2n) is 31.0. The van der Waals surface area contributed by atoms with Crippen molar-refractivity contribution in [1.29, 1.82) is 0 Å². The zero-order chi connectivity index (χ0) is 84.3. The Balaban J connectivity index is 0.000000121. The van der Waals surface area contributed by atoms with Gasteiger partial charge in [-0.2, -0.15) is 35.1 Å². The van der Waals surface area contributed by atoms with E-state index in [9.17, 15) is 20.1 Å². The monoisotopic (exact) mass is 1650 g/mol. The van der Waals surface area contributed by atoms with Crippen LogP contribution in [0.4, 0.5) is 41.2 Å². The van der Waals surface area contributed by atoms with Gasteiger partial charge in [-0.15, -0.1) is 0 Å². The highest BCUT2D eigenvalue weighted by Crippen LogP contribution is 2.42. The maximum atomic E-state index is 11.3. The molecule has 1 aliphatic carbocycles. The molecule has 121 heavy (non-hydrogen) atoms. The molecule has 0 radical (unpaired) electrons. The molecule has 5 fully saturated rings. The largest absolute Gasteiger partial charge is 0.496 e. The molecule has 0 spiro atoms. The maximum absolute atomic E-state index is 11.3. The summed E-state index contributed by atoms with van der Waals surface area (Å²) < 4.78 is 47.8. The Morgan fingerprint density at radius 2 is 1.21 bits per heavy atom. The Hall–Kier alpha value is -12.8. The number of pyridine rings is 2. The third-order valence-electron chi connectivity index (χ3n) is 22.5. The van der Waals surface area contributed by atoms with E-state index >= 15 is 0 Å². The second-order valence-corrected chi connectivity index (χ2v) is 31.0.